The molecule has 0 bridgehead atoms. The molecule has 0 saturated heterocycles. The Kier molecular flexibility index (Phi) is 4.22. The molecule has 3 heterocycles. The van der Waals surface area contributed by atoms with Crippen LogP contribution < -0.4 is 5.56 Å². The van der Waals surface area contributed by atoms with Crippen molar-refractivity contribution in [1.29, 1.82) is 5.26 Å². The van der Waals surface area contributed by atoms with Gasteiger partial charge in [0.15, 0.2) is 0 Å². The Labute approximate surface area is 155 Å². The van der Waals surface area contributed by atoms with Gasteiger partial charge in [0, 0.05) is 25.8 Å². The molecule has 0 radical (unpaired) electrons. The van der Waals surface area contributed by atoms with Crippen molar-refractivity contribution in [2.45, 2.75) is 19.5 Å². The Morgan fingerprint density at radius 1 is 1.19 bits per heavy atom. The number of nitriles is 1. The molecule has 2 aromatic heterocycles. The van der Waals surface area contributed by atoms with Gasteiger partial charge in [0.1, 0.15) is 5.56 Å². The van der Waals surface area contributed by atoms with Gasteiger partial charge in [0.25, 0.3) is 5.56 Å². The summed E-state index contributed by atoms with van der Waals surface area (Å²) in [6.07, 6.45) is 2.47. The van der Waals surface area contributed by atoms with Crippen LogP contribution >= 0.6 is 0 Å². The van der Waals surface area contributed by atoms with E-state index in [9.17, 15) is 14.7 Å². The third-order valence-electron chi connectivity index (χ3n) is 5.01. The number of carboxylic acids is 1. The lowest BCUT2D eigenvalue weighted by Gasteiger charge is -2.29. The molecule has 1 N–H and O–H groups in total. The zero-order chi connectivity index (χ0) is 19.0. The molecule has 0 atom stereocenters. The van der Waals surface area contributed by atoms with E-state index in [-0.39, 0.29) is 5.56 Å². The fourth-order valence-electron chi connectivity index (χ4n) is 3.66. The number of carbonyl (C=O) groups is 1. The van der Waals surface area contributed by atoms with Gasteiger partial charge in [-0.1, -0.05) is 12.1 Å². The Hall–Kier alpha value is -3.43. The van der Waals surface area contributed by atoms with Crippen LogP contribution in [0.3, 0.4) is 0 Å². The summed E-state index contributed by atoms with van der Waals surface area (Å²) < 4.78 is 1.39. The SMILES string of the molecule is N#Cc1ccc2c(c1)CN(Cc1cc(C(=O)O)c(=O)n3ccccc13)CC2. The van der Waals surface area contributed by atoms with Gasteiger partial charge < -0.3 is 5.11 Å². The summed E-state index contributed by atoms with van der Waals surface area (Å²) in [6.45, 7) is 2.05. The summed E-state index contributed by atoms with van der Waals surface area (Å²) in [6, 6.07) is 14.8. The van der Waals surface area contributed by atoms with Crippen LogP contribution in [0.4, 0.5) is 0 Å². The smallest absolute Gasteiger partial charge is 0.341 e. The standard InChI is InChI=1S/C21H17N3O3/c22-11-14-4-5-15-6-8-23(12-16(15)9-14)13-17-10-18(21(26)27)20(25)24-7-2-1-3-19(17)24/h1-5,7,9-10H,6,8,12-13H2,(H,26,27). The summed E-state index contributed by atoms with van der Waals surface area (Å²) in [5.74, 6) is -1.22. The normalized spacial score (nSPS) is 13.9. The molecule has 134 valence electrons. The number of rotatable bonds is 3. The first-order valence-corrected chi connectivity index (χ1v) is 8.67. The fraction of sp³-hybridized carbons (Fsp3) is 0.190. The average Bonchev–Trinajstić information content (AvgIpc) is 2.69. The Bertz CT molecular complexity index is 1160. The lowest BCUT2D eigenvalue weighted by molar-refractivity contribution is 0.0694. The van der Waals surface area contributed by atoms with Gasteiger partial charge in [0.2, 0.25) is 0 Å². The van der Waals surface area contributed by atoms with Crippen LogP contribution in [0.1, 0.15) is 32.6 Å². The molecule has 1 aliphatic heterocycles. The van der Waals surface area contributed by atoms with Gasteiger partial charge in [0.05, 0.1) is 17.1 Å². The molecule has 0 saturated carbocycles. The number of fused-ring (bicyclic) bond motifs is 2. The van der Waals surface area contributed by atoms with Gasteiger partial charge in [-0.2, -0.15) is 5.26 Å². The zero-order valence-corrected chi connectivity index (χ0v) is 14.6. The van der Waals surface area contributed by atoms with Gasteiger partial charge in [-0.25, -0.2) is 4.79 Å². The first-order chi connectivity index (χ1) is 13.1. The van der Waals surface area contributed by atoms with E-state index in [2.05, 4.69) is 11.0 Å². The maximum Gasteiger partial charge on any atom is 0.341 e. The lowest BCUT2D eigenvalue weighted by Crippen LogP contribution is -2.31. The van der Waals surface area contributed by atoms with E-state index < -0.39 is 11.5 Å². The number of carboxylic acid groups (broad SMARTS) is 1. The summed E-state index contributed by atoms with van der Waals surface area (Å²) >= 11 is 0. The minimum Gasteiger partial charge on any atom is -0.477 e. The van der Waals surface area contributed by atoms with E-state index in [4.69, 9.17) is 5.26 Å². The molecule has 4 rings (SSSR count). The molecule has 1 aliphatic rings. The van der Waals surface area contributed by atoms with Crippen molar-refractivity contribution in [2.24, 2.45) is 0 Å². The minimum absolute atomic E-state index is 0.224. The summed E-state index contributed by atoms with van der Waals surface area (Å²) in [5.41, 5.74) is 3.76. The lowest BCUT2D eigenvalue weighted by atomic mass is 9.97. The highest BCUT2D eigenvalue weighted by molar-refractivity contribution is 5.88. The van der Waals surface area contributed by atoms with Crippen LogP contribution in [0.15, 0.2) is 53.5 Å². The molecule has 6 nitrogen and oxygen atoms in total. The third kappa shape index (κ3) is 3.09. The molecule has 0 amide bonds. The second-order valence-corrected chi connectivity index (χ2v) is 6.71. The second-order valence-electron chi connectivity index (χ2n) is 6.71. The van der Waals surface area contributed by atoms with Crippen molar-refractivity contribution in [3.63, 3.8) is 0 Å². The first-order valence-electron chi connectivity index (χ1n) is 8.67. The van der Waals surface area contributed by atoms with Crippen LogP contribution in [0.25, 0.3) is 5.52 Å². The number of hydrogen-bond donors (Lipinski definition) is 1. The average molecular weight is 359 g/mol. The van der Waals surface area contributed by atoms with Gasteiger partial charge in [-0.05, 0) is 53.4 Å². The largest absolute Gasteiger partial charge is 0.477 e. The topological polar surface area (TPSA) is 85.8 Å². The van der Waals surface area contributed by atoms with E-state index >= 15 is 0 Å². The van der Waals surface area contributed by atoms with Crippen molar-refractivity contribution in [2.75, 3.05) is 6.54 Å². The van der Waals surface area contributed by atoms with Crippen molar-refractivity contribution in [3.05, 3.63) is 86.8 Å². The van der Waals surface area contributed by atoms with E-state index in [1.807, 2.05) is 30.3 Å². The molecule has 0 spiro atoms. The molecular weight excluding hydrogens is 342 g/mol. The summed E-state index contributed by atoms with van der Waals surface area (Å²) in [5, 5.41) is 18.5. The Morgan fingerprint density at radius 3 is 2.81 bits per heavy atom. The van der Waals surface area contributed by atoms with Crippen LogP contribution in [-0.4, -0.2) is 26.9 Å². The highest BCUT2D eigenvalue weighted by Crippen LogP contribution is 2.23. The first kappa shape index (κ1) is 17.0. The second kappa shape index (κ2) is 6.71. The molecule has 1 aromatic carbocycles. The predicted octanol–water partition coefficient (Wildman–Crippen LogP) is 2.43. The molecule has 0 aliphatic carbocycles. The number of benzene rings is 1. The van der Waals surface area contributed by atoms with E-state index in [0.29, 0.717) is 24.2 Å². The number of aromatic nitrogens is 1. The summed E-state index contributed by atoms with van der Waals surface area (Å²) in [7, 11) is 0. The van der Waals surface area contributed by atoms with Gasteiger partial charge in [-0.3, -0.25) is 14.1 Å². The van der Waals surface area contributed by atoms with Crippen molar-refractivity contribution >= 4 is 11.5 Å². The number of pyridine rings is 2. The molecule has 0 fully saturated rings. The van der Waals surface area contributed by atoms with Crippen molar-refractivity contribution in [3.8, 4) is 6.07 Å². The summed E-state index contributed by atoms with van der Waals surface area (Å²) in [4.78, 5) is 26.1. The Morgan fingerprint density at radius 2 is 2.04 bits per heavy atom. The number of hydrogen-bond acceptors (Lipinski definition) is 4. The molecule has 6 heteroatoms. The molecule has 3 aromatic rings. The highest BCUT2D eigenvalue weighted by atomic mass is 16.4. The van der Waals surface area contributed by atoms with Crippen LogP contribution in [0.5, 0.6) is 0 Å². The zero-order valence-electron chi connectivity index (χ0n) is 14.6. The van der Waals surface area contributed by atoms with Crippen LogP contribution in [-0.2, 0) is 19.5 Å². The van der Waals surface area contributed by atoms with Crippen molar-refractivity contribution in [1.82, 2.24) is 9.30 Å². The number of nitrogens with zero attached hydrogens (tertiary/aromatic N) is 3. The fourth-order valence-corrected chi connectivity index (χ4v) is 3.66. The third-order valence-corrected chi connectivity index (χ3v) is 5.01. The molecular formula is C21H17N3O3. The van der Waals surface area contributed by atoms with Crippen molar-refractivity contribution < 1.29 is 9.90 Å². The minimum atomic E-state index is -1.22. The van der Waals surface area contributed by atoms with Crippen LogP contribution in [0.2, 0.25) is 0 Å². The van der Waals surface area contributed by atoms with E-state index in [1.54, 1.807) is 12.3 Å². The van der Waals surface area contributed by atoms with E-state index in [0.717, 1.165) is 24.1 Å². The number of aromatic carboxylic acids is 1. The monoisotopic (exact) mass is 359 g/mol. The predicted molar refractivity (Wildman–Crippen MR) is 99.6 cm³/mol. The maximum absolute atomic E-state index is 12.4. The van der Waals surface area contributed by atoms with Gasteiger partial charge in [-0.15, -0.1) is 0 Å². The quantitative estimate of drug-likeness (QED) is 0.776. The maximum atomic E-state index is 12.4. The Balaban J connectivity index is 1.72. The molecule has 27 heavy (non-hydrogen) atoms. The van der Waals surface area contributed by atoms with Crippen LogP contribution in [0, 0.1) is 11.3 Å². The van der Waals surface area contributed by atoms with E-state index in [1.165, 1.54) is 16.0 Å². The highest BCUT2D eigenvalue weighted by Gasteiger charge is 2.20. The van der Waals surface area contributed by atoms with Gasteiger partial charge >= 0.3 is 5.97 Å². The molecule has 0 unspecified atom stereocenters.